The number of hydrogen-bond donors (Lipinski definition) is 1. The molecule has 4 amide bonds. The van der Waals surface area contributed by atoms with Crippen LogP contribution in [0.1, 0.15) is 50.5 Å². The number of imide groups is 1. The molecule has 2 bridgehead atoms. The Labute approximate surface area is 212 Å². The zero-order chi connectivity index (χ0) is 24.8. The summed E-state index contributed by atoms with van der Waals surface area (Å²) in [4.78, 5) is 45.2. The van der Waals surface area contributed by atoms with E-state index in [2.05, 4.69) is 16.3 Å². The lowest BCUT2D eigenvalue weighted by molar-refractivity contribution is -0.139. The molecule has 1 aliphatic carbocycles. The van der Waals surface area contributed by atoms with Crippen LogP contribution in [-0.2, 0) is 16.1 Å². The van der Waals surface area contributed by atoms with Crippen molar-refractivity contribution in [3.8, 4) is 5.75 Å². The van der Waals surface area contributed by atoms with Crippen molar-refractivity contribution >= 4 is 17.8 Å². The van der Waals surface area contributed by atoms with Crippen LogP contribution in [0.5, 0.6) is 5.75 Å². The summed E-state index contributed by atoms with van der Waals surface area (Å²) in [6.45, 7) is 3.16. The quantitative estimate of drug-likeness (QED) is 0.505. The number of nitrogens with one attached hydrogen (secondary N) is 1. The lowest BCUT2D eigenvalue weighted by Gasteiger charge is -2.54. The van der Waals surface area contributed by atoms with Gasteiger partial charge in [-0.15, -0.1) is 0 Å². The number of fused-ring (bicyclic) bond motifs is 6. The van der Waals surface area contributed by atoms with E-state index < -0.39 is 12.1 Å². The summed E-state index contributed by atoms with van der Waals surface area (Å²) in [6.07, 6.45) is 9.63. The minimum atomic E-state index is -0.799. The van der Waals surface area contributed by atoms with Gasteiger partial charge in [0.25, 0.3) is 5.91 Å². The molecule has 1 aromatic carbocycles. The molecule has 0 saturated carbocycles. The molecule has 4 heterocycles. The fourth-order valence-corrected chi connectivity index (χ4v) is 7.32. The van der Waals surface area contributed by atoms with Gasteiger partial charge < -0.3 is 15.0 Å². The van der Waals surface area contributed by atoms with Crippen LogP contribution in [-0.4, -0.2) is 77.4 Å². The van der Waals surface area contributed by atoms with E-state index in [0.29, 0.717) is 17.9 Å². The Kier molecular flexibility index (Phi) is 6.23. The topological polar surface area (TPSA) is 82.2 Å². The summed E-state index contributed by atoms with van der Waals surface area (Å²) in [5.74, 6) is 1.46. The van der Waals surface area contributed by atoms with Crippen molar-refractivity contribution in [2.45, 2.75) is 69.6 Å². The SMILES string of the molecule is COc1ccc(CN2C(=O)N[C@H](CC(=O)N3CCCC4=C[C@H]5C[C@@H](CN6CCCC[C@@H]56)[C@H]43)C2=O)cc1. The number of methoxy groups -OCH3 is 1. The number of carbonyl (C=O) groups is 3. The number of urea groups is 1. The Morgan fingerprint density at radius 1 is 1.11 bits per heavy atom. The average Bonchev–Trinajstić information content (AvgIpc) is 3.16. The second-order valence-electron chi connectivity index (χ2n) is 11.1. The highest BCUT2D eigenvalue weighted by Crippen LogP contribution is 2.45. The van der Waals surface area contributed by atoms with E-state index in [9.17, 15) is 14.4 Å². The molecular weight excluding hydrogens is 456 g/mol. The van der Waals surface area contributed by atoms with Crippen LogP contribution in [0.15, 0.2) is 35.9 Å². The van der Waals surface area contributed by atoms with E-state index >= 15 is 0 Å². The Hall–Kier alpha value is -2.87. The molecule has 0 unspecified atom stereocenters. The molecule has 192 valence electrons. The summed E-state index contributed by atoms with van der Waals surface area (Å²) < 4.78 is 5.18. The zero-order valence-electron chi connectivity index (χ0n) is 21.0. The Balaban J connectivity index is 1.14. The first-order valence-corrected chi connectivity index (χ1v) is 13.5. The molecule has 5 atom stereocenters. The van der Waals surface area contributed by atoms with Crippen LogP contribution in [0, 0.1) is 11.8 Å². The molecule has 5 aliphatic rings. The van der Waals surface area contributed by atoms with Crippen LogP contribution >= 0.6 is 0 Å². The number of amides is 4. The maximum Gasteiger partial charge on any atom is 0.325 e. The van der Waals surface area contributed by atoms with E-state index in [4.69, 9.17) is 4.74 Å². The monoisotopic (exact) mass is 492 g/mol. The number of ether oxygens (including phenoxy) is 1. The second kappa shape index (κ2) is 9.54. The molecule has 6 rings (SSSR count). The van der Waals surface area contributed by atoms with Gasteiger partial charge in [-0.1, -0.05) is 30.2 Å². The van der Waals surface area contributed by atoms with E-state index in [1.165, 1.54) is 36.3 Å². The highest BCUT2D eigenvalue weighted by molar-refractivity contribution is 6.05. The van der Waals surface area contributed by atoms with E-state index in [1.807, 2.05) is 29.2 Å². The van der Waals surface area contributed by atoms with Gasteiger partial charge in [0.2, 0.25) is 5.91 Å². The number of hydrogen-bond acceptors (Lipinski definition) is 5. The smallest absolute Gasteiger partial charge is 0.325 e. The number of nitrogens with zero attached hydrogens (tertiary/aromatic N) is 3. The van der Waals surface area contributed by atoms with Gasteiger partial charge in [0.1, 0.15) is 11.8 Å². The molecule has 1 aromatic rings. The van der Waals surface area contributed by atoms with Crippen LogP contribution < -0.4 is 10.1 Å². The molecule has 4 fully saturated rings. The largest absolute Gasteiger partial charge is 0.497 e. The van der Waals surface area contributed by atoms with Crippen LogP contribution in [0.25, 0.3) is 0 Å². The lowest BCUT2D eigenvalue weighted by Crippen LogP contribution is -2.60. The predicted molar refractivity (Wildman–Crippen MR) is 134 cm³/mol. The zero-order valence-corrected chi connectivity index (χ0v) is 21.0. The van der Waals surface area contributed by atoms with Crippen molar-refractivity contribution in [3.63, 3.8) is 0 Å². The van der Waals surface area contributed by atoms with Crippen molar-refractivity contribution in [2.75, 3.05) is 26.7 Å². The second-order valence-corrected chi connectivity index (χ2v) is 11.1. The Morgan fingerprint density at radius 3 is 2.75 bits per heavy atom. The molecule has 36 heavy (non-hydrogen) atoms. The summed E-state index contributed by atoms with van der Waals surface area (Å²) in [6, 6.07) is 6.89. The molecule has 0 aromatic heterocycles. The highest BCUT2D eigenvalue weighted by atomic mass is 16.5. The predicted octanol–water partition coefficient (Wildman–Crippen LogP) is 2.93. The van der Waals surface area contributed by atoms with Gasteiger partial charge in [-0.3, -0.25) is 19.4 Å². The van der Waals surface area contributed by atoms with E-state index in [1.54, 1.807) is 7.11 Å². The van der Waals surface area contributed by atoms with Crippen LogP contribution in [0.2, 0.25) is 0 Å². The Bertz CT molecular complexity index is 1070. The van der Waals surface area contributed by atoms with Gasteiger partial charge in [0.05, 0.1) is 26.1 Å². The molecule has 0 spiro atoms. The van der Waals surface area contributed by atoms with Crippen molar-refractivity contribution in [3.05, 3.63) is 41.5 Å². The third-order valence-corrected chi connectivity index (χ3v) is 8.96. The number of piperidine rings is 3. The summed E-state index contributed by atoms with van der Waals surface area (Å²) in [5, 5.41) is 2.76. The first-order chi connectivity index (χ1) is 17.5. The minimum Gasteiger partial charge on any atom is -0.497 e. The normalized spacial score (nSPS) is 31.9. The van der Waals surface area contributed by atoms with Gasteiger partial charge in [-0.25, -0.2) is 4.79 Å². The number of likely N-dealkylation sites (tertiary alicyclic amines) is 1. The van der Waals surface area contributed by atoms with E-state index in [0.717, 1.165) is 43.7 Å². The summed E-state index contributed by atoms with van der Waals surface area (Å²) in [7, 11) is 1.60. The maximum absolute atomic E-state index is 13.6. The summed E-state index contributed by atoms with van der Waals surface area (Å²) >= 11 is 0. The molecule has 4 saturated heterocycles. The van der Waals surface area contributed by atoms with Crippen molar-refractivity contribution < 1.29 is 19.1 Å². The van der Waals surface area contributed by atoms with Crippen molar-refractivity contribution in [2.24, 2.45) is 11.8 Å². The van der Waals surface area contributed by atoms with Gasteiger partial charge in [-0.2, -0.15) is 0 Å². The third-order valence-electron chi connectivity index (χ3n) is 8.96. The first-order valence-electron chi connectivity index (χ1n) is 13.5. The fourth-order valence-electron chi connectivity index (χ4n) is 7.32. The molecular formula is C28H36N4O4. The molecule has 8 nitrogen and oxygen atoms in total. The molecule has 0 radical (unpaired) electrons. The number of benzene rings is 1. The molecule has 4 aliphatic heterocycles. The number of rotatable bonds is 5. The third kappa shape index (κ3) is 4.19. The van der Waals surface area contributed by atoms with Gasteiger partial charge in [-0.05, 0) is 68.2 Å². The Morgan fingerprint density at radius 2 is 1.94 bits per heavy atom. The fraction of sp³-hybridized carbons (Fsp3) is 0.607. The highest BCUT2D eigenvalue weighted by Gasteiger charge is 2.48. The van der Waals surface area contributed by atoms with Crippen molar-refractivity contribution in [1.29, 1.82) is 0 Å². The van der Waals surface area contributed by atoms with Crippen LogP contribution in [0.3, 0.4) is 0 Å². The van der Waals surface area contributed by atoms with E-state index in [-0.39, 0.29) is 30.8 Å². The minimum absolute atomic E-state index is 0.0187. The van der Waals surface area contributed by atoms with Gasteiger partial charge in [0, 0.05) is 19.1 Å². The van der Waals surface area contributed by atoms with Gasteiger partial charge in [0.15, 0.2) is 0 Å². The summed E-state index contributed by atoms with van der Waals surface area (Å²) in [5.41, 5.74) is 2.27. The number of carbonyl (C=O) groups excluding carboxylic acids is 3. The van der Waals surface area contributed by atoms with Crippen LogP contribution in [0.4, 0.5) is 4.79 Å². The molecule has 8 heteroatoms. The standard InChI is InChI=1S/C28H36N4O4/c1-36-22-9-7-18(8-10-22)16-32-27(34)23(29-28(32)35)15-25(33)31-12-4-5-19-13-20-14-21(26(19)31)17-30-11-3-2-6-24(20)30/h7-10,13,20-21,23-24,26H,2-6,11-12,14-17H2,1H3,(H,29,35)/t20-,21-,23+,24-,26-/m0/s1. The lowest BCUT2D eigenvalue weighted by atomic mass is 9.68. The van der Waals surface area contributed by atoms with Crippen molar-refractivity contribution in [1.82, 2.24) is 20.0 Å². The molecule has 1 N–H and O–H groups in total. The average molecular weight is 493 g/mol. The van der Waals surface area contributed by atoms with Gasteiger partial charge >= 0.3 is 6.03 Å². The first kappa shape index (κ1) is 23.5. The maximum atomic E-state index is 13.6.